The van der Waals surface area contributed by atoms with Crippen LogP contribution in [0.4, 0.5) is 0 Å². The van der Waals surface area contributed by atoms with Gasteiger partial charge in [0.25, 0.3) is 0 Å². The minimum atomic E-state index is -0.395. The van der Waals surface area contributed by atoms with Crippen molar-refractivity contribution in [1.82, 2.24) is 0 Å². The molecular formula is C9H10O. The van der Waals surface area contributed by atoms with E-state index in [1.54, 1.807) is 0 Å². The third-order valence-electron chi connectivity index (χ3n) is 1.25. The zero-order valence-corrected chi connectivity index (χ0v) is 5.66. The van der Waals surface area contributed by atoms with Crippen LogP contribution in [0.15, 0.2) is 30.3 Å². The number of rotatable bonds is 3. The molecule has 1 nitrogen and oxygen atoms in total. The molecule has 1 heteroatoms. The summed E-state index contributed by atoms with van der Waals surface area (Å²) in [7, 11) is 0. The molecule has 0 heterocycles. The lowest BCUT2D eigenvalue weighted by atomic mass is 10.1. The summed E-state index contributed by atoms with van der Waals surface area (Å²) in [4.78, 5) is 10.1. The molecule has 1 aromatic rings. The molecule has 52 valence electrons. The first-order chi connectivity index (χ1) is 5.34. The molecule has 1 aromatic carbocycles. The van der Waals surface area contributed by atoms with Gasteiger partial charge in [-0.1, -0.05) is 30.3 Å². The van der Waals surface area contributed by atoms with Crippen LogP contribution in [0.1, 0.15) is 13.4 Å². The van der Waals surface area contributed by atoms with Gasteiger partial charge in [-0.2, -0.15) is 0 Å². The molecule has 0 aliphatic carbocycles. The van der Waals surface area contributed by atoms with Gasteiger partial charge < -0.3 is 4.79 Å². The zero-order chi connectivity index (χ0) is 8.10. The maximum atomic E-state index is 10.1. The standard InChI is InChI=1S/C9H10O/c10-8-4-7-9-5-2-1-3-6-9/h1-3,5-6,8H,4,7H2/i7D. The predicted octanol–water partition coefficient (Wildman–Crippen LogP) is 1.82. The fraction of sp³-hybridized carbons (Fsp3) is 0.222. The third-order valence-corrected chi connectivity index (χ3v) is 1.25. The van der Waals surface area contributed by atoms with Crippen molar-refractivity contribution in [2.75, 3.05) is 0 Å². The van der Waals surface area contributed by atoms with Crippen LogP contribution in [0.2, 0.25) is 0 Å². The zero-order valence-electron chi connectivity index (χ0n) is 6.66. The van der Waals surface area contributed by atoms with E-state index < -0.39 is 6.40 Å². The molecule has 0 aromatic heterocycles. The summed E-state index contributed by atoms with van der Waals surface area (Å²) < 4.78 is 7.48. The van der Waals surface area contributed by atoms with Gasteiger partial charge in [-0.15, -0.1) is 0 Å². The van der Waals surface area contributed by atoms with Crippen molar-refractivity contribution in [3.63, 3.8) is 0 Å². The predicted molar refractivity (Wildman–Crippen MR) is 40.8 cm³/mol. The maximum absolute atomic E-state index is 10.1. The Morgan fingerprint density at radius 1 is 1.40 bits per heavy atom. The van der Waals surface area contributed by atoms with Crippen LogP contribution in [-0.4, -0.2) is 6.29 Å². The number of aryl methyl sites for hydroxylation is 1. The Morgan fingerprint density at radius 3 is 2.70 bits per heavy atom. The van der Waals surface area contributed by atoms with Crippen LogP contribution in [0.25, 0.3) is 0 Å². The van der Waals surface area contributed by atoms with Crippen molar-refractivity contribution in [3.05, 3.63) is 35.9 Å². The number of hydrogen-bond acceptors (Lipinski definition) is 1. The van der Waals surface area contributed by atoms with Crippen molar-refractivity contribution in [2.24, 2.45) is 0 Å². The fourth-order valence-corrected chi connectivity index (χ4v) is 0.773. The Labute approximate surface area is 62.1 Å². The Morgan fingerprint density at radius 2 is 2.10 bits per heavy atom. The van der Waals surface area contributed by atoms with E-state index in [-0.39, 0.29) is 6.42 Å². The van der Waals surface area contributed by atoms with Gasteiger partial charge >= 0.3 is 0 Å². The van der Waals surface area contributed by atoms with Crippen molar-refractivity contribution in [1.29, 1.82) is 0 Å². The normalized spacial score (nSPS) is 13.8. The first-order valence-corrected chi connectivity index (χ1v) is 3.25. The molecular weight excluding hydrogens is 124 g/mol. The highest BCUT2D eigenvalue weighted by molar-refractivity contribution is 5.49. The van der Waals surface area contributed by atoms with Gasteiger partial charge in [0.05, 0.1) is 0 Å². The SMILES string of the molecule is [2H]C(CC=O)c1ccccc1. The molecule has 0 fully saturated rings. The number of aldehydes is 1. The third kappa shape index (κ3) is 2.02. The second-order valence-corrected chi connectivity index (χ2v) is 2.02. The molecule has 0 radical (unpaired) electrons. The number of carbonyl (C=O) groups excluding carboxylic acids is 1. The summed E-state index contributed by atoms with van der Waals surface area (Å²) in [5, 5.41) is 0. The molecule has 10 heavy (non-hydrogen) atoms. The molecule has 1 unspecified atom stereocenters. The quantitative estimate of drug-likeness (QED) is 0.578. The highest BCUT2D eigenvalue weighted by Crippen LogP contribution is 1.99. The number of hydrogen-bond donors (Lipinski definition) is 0. The Balaban J connectivity index is 2.68. The molecule has 0 saturated carbocycles. The first-order valence-electron chi connectivity index (χ1n) is 3.83. The van der Waals surface area contributed by atoms with Gasteiger partial charge in [0.1, 0.15) is 6.29 Å². The van der Waals surface area contributed by atoms with Gasteiger partial charge in [0, 0.05) is 7.79 Å². The minimum Gasteiger partial charge on any atom is -0.303 e. The van der Waals surface area contributed by atoms with Crippen molar-refractivity contribution >= 4 is 6.29 Å². The number of benzene rings is 1. The van der Waals surface area contributed by atoms with E-state index >= 15 is 0 Å². The monoisotopic (exact) mass is 135 g/mol. The molecule has 0 bridgehead atoms. The van der Waals surface area contributed by atoms with E-state index in [1.165, 1.54) is 0 Å². The van der Waals surface area contributed by atoms with Crippen LogP contribution in [0, 0.1) is 0 Å². The second kappa shape index (κ2) is 3.83. The molecule has 0 aliphatic heterocycles. The average molecular weight is 135 g/mol. The van der Waals surface area contributed by atoms with E-state index in [1.807, 2.05) is 30.3 Å². The van der Waals surface area contributed by atoms with Gasteiger partial charge in [0.2, 0.25) is 0 Å². The summed E-state index contributed by atoms with van der Waals surface area (Å²) in [5.74, 6) is 0. The molecule has 0 N–H and O–H groups in total. The topological polar surface area (TPSA) is 17.1 Å². The van der Waals surface area contributed by atoms with E-state index in [9.17, 15) is 4.79 Å². The number of carbonyl (C=O) groups is 1. The van der Waals surface area contributed by atoms with Crippen LogP contribution in [-0.2, 0) is 11.2 Å². The molecule has 0 aliphatic rings. The molecule has 1 atom stereocenters. The highest BCUT2D eigenvalue weighted by Gasteiger charge is 1.87. The van der Waals surface area contributed by atoms with Gasteiger partial charge in [0.15, 0.2) is 0 Å². The van der Waals surface area contributed by atoms with Gasteiger partial charge in [-0.3, -0.25) is 0 Å². The highest BCUT2D eigenvalue weighted by atomic mass is 16.1. The summed E-state index contributed by atoms with van der Waals surface area (Å²) in [6.45, 7) is 0. The lowest BCUT2D eigenvalue weighted by molar-refractivity contribution is -0.107. The van der Waals surface area contributed by atoms with E-state index in [4.69, 9.17) is 1.37 Å². The van der Waals surface area contributed by atoms with Crippen molar-refractivity contribution in [2.45, 2.75) is 12.8 Å². The van der Waals surface area contributed by atoms with Crippen molar-refractivity contribution in [3.8, 4) is 0 Å². The lowest BCUT2D eigenvalue weighted by Gasteiger charge is -1.93. The van der Waals surface area contributed by atoms with Gasteiger partial charge in [-0.05, 0) is 12.0 Å². The molecule has 0 amide bonds. The van der Waals surface area contributed by atoms with Crippen LogP contribution >= 0.6 is 0 Å². The smallest absolute Gasteiger partial charge is 0.120 e. The average Bonchev–Trinajstić information content (AvgIpc) is 2.07. The lowest BCUT2D eigenvalue weighted by Crippen LogP contribution is -1.83. The van der Waals surface area contributed by atoms with Crippen molar-refractivity contribution < 1.29 is 6.17 Å². The summed E-state index contributed by atoms with van der Waals surface area (Å²) in [6, 6.07) is 9.38. The largest absolute Gasteiger partial charge is 0.303 e. The Kier molecular flexibility index (Phi) is 2.17. The molecule has 0 spiro atoms. The Hall–Kier alpha value is -1.11. The van der Waals surface area contributed by atoms with Crippen LogP contribution < -0.4 is 0 Å². The maximum Gasteiger partial charge on any atom is 0.120 e. The first kappa shape index (κ1) is 5.66. The van der Waals surface area contributed by atoms with E-state index in [2.05, 4.69) is 0 Å². The summed E-state index contributed by atoms with van der Waals surface area (Å²) >= 11 is 0. The van der Waals surface area contributed by atoms with Gasteiger partial charge in [-0.25, -0.2) is 0 Å². The van der Waals surface area contributed by atoms with Crippen LogP contribution in [0.3, 0.4) is 0 Å². The van der Waals surface area contributed by atoms with E-state index in [0.29, 0.717) is 0 Å². The molecule has 1 rings (SSSR count). The minimum absolute atomic E-state index is 0.282. The second-order valence-electron chi connectivity index (χ2n) is 2.02. The molecule has 0 saturated heterocycles. The van der Waals surface area contributed by atoms with Crippen LogP contribution in [0.5, 0.6) is 0 Å². The fourth-order valence-electron chi connectivity index (χ4n) is 0.773. The summed E-state index contributed by atoms with van der Waals surface area (Å²) in [6.07, 6.45) is 0.669. The summed E-state index contributed by atoms with van der Waals surface area (Å²) in [5.41, 5.74) is 0.902. The Bertz CT molecular complexity index is 220. The van der Waals surface area contributed by atoms with E-state index in [0.717, 1.165) is 11.8 Å².